The molecule has 0 aliphatic carbocycles. The number of carboxylic acid groups (broad SMARTS) is 1. The highest BCUT2D eigenvalue weighted by Crippen LogP contribution is 2.25. The molecule has 1 saturated heterocycles. The molecule has 0 aromatic carbocycles. The summed E-state index contributed by atoms with van der Waals surface area (Å²) >= 11 is 1.72. The summed E-state index contributed by atoms with van der Waals surface area (Å²) in [5.74, 6) is 0.677. The molecule has 0 saturated carbocycles. The van der Waals surface area contributed by atoms with Crippen molar-refractivity contribution in [2.45, 2.75) is 46.2 Å². The summed E-state index contributed by atoms with van der Waals surface area (Å²) in [5, 5.41) is 9.06. The number of thioether (sulfide) groups is 1. The number of aromatic nitrogens is 1. The molecule has 122 valence electrons. The van der Waals surface area contributed by atoms with E-state index in [1.807, 2.05) is 19.9 Å². The fourth-order valence-corrected chi connectivity index (χ4v) is 4.30. The molecule has 5 nitrogen and oxygen atoms in total. The number of carbonyl (C=O) groups excluding carboxylic acids is 1. The smallest absolute Gasteiger partial charge is 0.305 e. The van der Waals surface area contributed by atoms with E-state index in [4.69, 9.17) is 5.11 Å². The van der Waals surface area contributed by atoms with Crippen LogP contribution < -0.4 is 0 Å². The Balaban J connectivity index is 2.30. The van der Waals surface area contributed by atoms with Crippen molar-refractivity contribution in [1.29, 1.82) is 0 Å². The number of amides is 1. The average Bonchev–Trinajstić information content (AvgIpc) is 2.73. The molecular weight excluding hydrogens is 300 g/mol. The Morgan fingerprint density at radius 2 is 2.09 bits per heavy atom. The highest BCUT2D eigenvalue weighted by Gasteiger charge is 2.31. The largest absolute Gasteiger partial charge is 0.481 e. The van der Waals surface area contributed by atoms with Crippen molar-refractivity contribution in [1.82, 2.24) is 9.47 Å². The minimum absolute atomic E-state index is 0.0155. The van der Waals surface area contributed by atoms with Gasteiger partial charge in [-0.1, -0.05) is 0 Å². The van der Waals surface area contributed by atoms with Crippen LogP contribution in [-0.4, -0.2) is 50.5 Å². The first-order valence-electron chi connectivity index (χ1n) is 7.61. The van der Waals surface area contributed by atoms with E-state index in [1.165, 1.54) is 0 Å². The Bertz CT molecular complexity index is 580. The van der Waals surface area contributed by atoms with Crippen molar-refractivity contribution in [3.63, 3.8) is 0 Å². The fraction of sp³-hybridized carbons (Fsp3) is 0.625. The Labute approximate surface area is 135 Å². The van der Waals surface area contributed by atoms with E-state index in [0.29, 0.717) is 23.9 Å². The predicted molar refractivity (Wildman–Crippen MR) is 88.7 cm³/mol. The first kappa shape index (κ1) is 16.9. The van der Waals surface area contributed by atoms with Gasteiger partial charge < -0.3 is 14.6 Å². The monoisotopic (exact) mass is 324 g/mol. The average molecular weight is 324 g/mol. The molecule has 1 atom stereocenters. The normalized spacial score (nSPS) is 18.8. The van der Waals surface area contributed by atoms with Crippen LogP contribution in [0.25, 0.3) is 0 Å². The van der Waals surface area contributed by atoms with Crippen LogP contribution >= 0.6 is 11.8 Å². The second-order valence-corrected chi connectivity index (χ2v) is 7.22. The third-order valence-electron chi connectivity index (χ3n) is 4.13. The lowest BCUT2D eigenvalue weighted by Gasteiger charge is -2.34. The Kier molecular flexibility index (Phi) is 5.21. The van der Waals surface area contributed by atoms with Crippen molar-refractivity contribution < 1.29 is 14.7 Å². The van der Waals surface area contributed by atoms with Gasteiger partial charge in [0.05, 0.1) is 18.0 Å². The number of carbonyl (C=O) groups is 2. The molecule has 0 spiro atoms. The minimum atomic E-state index is -0.849. The quantitative estimate of drug-likeness (QED) is 0.925. The van der Waals surface area contributed by atoms with Gasteiger partial charge in [-0.05, 0) is 33.8 Å². The van der Waals surface area contributed by atoms with Gasteiger partial charge >= 0.3 is 5.97 Å². The molecule has 0 radical (unpaired) electrons. The van der Waals surface area contributed by atoms with Crippen LogP contribution in [0.1, 0.15) is 48.1 Å². The van der Waals surface area contributed by atoms with Crippen LogP contribution in [0.15, 0.2) is 6.07 Å². The molecule has 1 unspecified atom stereocenters. The van der Waals surface area contributed by atoms with Crippen LogP contribution in [0.2, 0.25) is 0 Å². The number of hydrogen-bond donors (Lipinski definition) is 1. The van der Waals surface area contributed by atoms with Crippen LogP contribution in [0, 0.1) is 13.8 Å². The molecular formula is C16H24N2O3S. The van der Waals surface area contributed by atoms with Gasteiger partial charge in [0.1, 0.15) is 0 Å². The van der Waals surface area contributed by atoms with Crippen molar-refractivity contribution in [2.75, 3.05) is 18.1 Å². The standard InChI is InChI=1S/C16H24N2O3S/c1-10(2)18-11(3)7-14(12(18)4)16(21)17-5-6-22-9-13(17)8-15(19)20/h7,10,13H,5-6,8-9H2,1-4H3,(H,19,20). The third kappa shape index (κ3) is 3.32. The summed E-state index contributed by atoms with van der Waals surface area (Å²) in [6.07, 6.45) is 0.0155. The molecule has 1 aromatic rings. The number of carboxylic acids is 1. The zero-order chi connectivity index (χ0) is 16.4. The minimum Gasteiger partial charge on any atom is -0.481 e. The molecule has 2 heterocycles. The summed E-state index contributed by atoms with van der Waals surface area (Å²) in [6.45, 7) is 8.78. The highest BCUT2D eigenvalue weighted by molar-refractivity contribution is 7.99. The van der Waals surface area contributed by atoms with Crippen molar-refractivity contribution >= 4 is 23.6 Å². The van der Waals surface area contributed by atoms with Crippen LogP contribution in [0.3, 0.4) is 0 Å². The van der Waals surface area contributed by atoms with Gasteiger partial charge in [-0.15, -0.1) is 0 Å². The van der Waals surface area contributed by atoms with E-state index >= 15 is 0 Å². The Morgan fingerprint density at radius 3 is 2.64 bits per heavy atom. The Morgan fingerprint density at radius 1 is 1.41 bits per heavy atom. The lowest BCUT2D eigenvalue weighted by atomic mass is 10.1. The molecule has 1 aliphatic rings. The first-order valence-corrected chi connectivity index (χ1v) is 8.77. The highest BCUT2D eigenvalue weighted by atomic mass is 32.2. The molecule has 1 aliphatic heterocycles. The summed E-state index contributed by atoms with van der Waals surface area (Å²) in [4.78, 5) is 25.7. The Hall–Kier alpha value is -1.43. The van der Waals surface area contributed by atoms with Crippen LogP contribution in [-0.2, 0) is 4.79 Å². The zero-order valence-corrected chi connectivity index (χ0v) is 14.4. The summed E-state index contributed by atoms with van der Waals surface area (Å²) < 4.78 is 2.15. The topological polar surface area (TPSA) is 62.5 Å². The molecule has 1 aromatic heterocycles. The fourth-order valence-electron chi connectivity index (χ4n) is 3.24. The maximum absolute atomic E-state index is 12.9. The lowest BCUT2D eigenvalue weighted by molar-refractivity contribution is -0.138. The molecule has 6 heteroatoms. The van der Waals surface area contributed by atoms with E-state index in [2.05, 4.69) is 18.4 Å². The van der Waals surface area contributed by atoms with E-state index in [0.717, 1.165) is 17.1 Å². The molecule has 2 rings (SSSR count). The predicted octanol–water partition coefficient (Wildman–Crippen LogP) is 2.72. The maximum atomic E-state index is 12.9. The number of aryl methyl sites for hydroxylation is 1. The van der Waals surface area contributed by atoms with E-state index in [-0.39, 0.29) is 18.4 Å². The molecule has 1 fully saturated rings. The van der Waals surface area contributed by atoms with Crippen molar-refractivity contribution in [3.05, 3.63) is 23.0 Å². The van der Waals surface area contributed by atoms with E-state index < -0.39 is 5.97 Å². The van der Waals surface area contributed by atoms with Gasteiger partial charge in [0, 0.05) is 35.5 Å². The van der Waals surface area contributed by atoms with Crippen molar-refractivity contribution in [2.24, 2.45) is 0 Å². The number of aliphatic carboxylic acids is 1. The van der Waals surface area contributed by atoms with E-state index in [9.17, 15) is 9.59 Å². The van der Waals surface area contributed by atoms with Gasteiger partial charge in [-0.25, -0.2) is 0 Å². The van der Waals surface area contributed by atoms with Gasteiger partial charge in [0.25, 0.3) is 5.91 Å². The van der Waals surface area contributed by atoms with Gasteiger partial charge in [0.15, 0.2) is 0 Å². The summed E-state index contributed by atoms with van der Waals surface area (Å²) in [5.41, 5.74) is 2.73. The van der Waals surface area contributed by atoms with E-state index in [1.54, 1.807) is 16.7 Å². The summed E-state index contributed by atoms with van der Waals surface area (Å²) in [7, 11) is 0. The molecule has 0 bridgehead atoms. The number of hydrogen-bond acceptors (Lipinski definition) is 3. The van der Waals surface area contributed by atoms with Gasteiger partial charge in [-0.2, -0.15) is 11.8 Å². The first-order chi connectivity index (χ1) is 10.3. The third-order valence-corrected chi connectivity index (χ3v) is 5.22. The second-order valence-electron chi connectivity index (χ2n) is 6.07. The number of nitrogens with zero attached hydrogens (tertiary/aromatic N) is 2. The molecule has 22 heavy (non-hydrogen) atoms. The second kappa shape index (κ2) is 6.77. The van der Waals surface area contributed by atoms with Gasteiger partial charge in [-0.3, -0.25) is 9.59 Å². The molecule has 1 N–H and O–H groups in total. The lowest BCUT2D eigenvalue weighted by Crippen LogP contribution is -2.47. The SMILES string of the molecule is Cc1cc(C(=O)N2CCSCC2CC(=O)O)c(C)n1C(C)C. The maximum Gasteiger partial charge on any atom is 0.305 e. The zero-order valence-electron chi connectivity index (χ0n) is 13.6. The van der Waals surface area contributed by atoms with Crippen LogP contribution in [0.5, 0.6) is 0 Å². The van der Waals surface area contributed by atoms with Crippen LogP contribution in [0.4, 0.5) is 0 Å². The van der Waals surface area contributed by atoms with Gasteiger partial charge in [0.2, 0.25) is 0 Å². The van der Waals surface area contributed by atoms with Crippen molar-refractivity contribution in [3.8, 4) is 0 Å². The summed E-state index contributed by atoms with van der Waals surface area (Å²) in [6, 6.07) is 2.01. The molecule has 1 amide bonds. The number of rotatable bonds is 4.